The van der Waals surface area contributed by atoms with Crippen molar-refractivity contribution in [2.45, 2.75) is 63.2 Å². The average Bonchev–Trinajstić information content (AvgIpc) is 2.24. The molecule has 1 aliphatic rings. The molecule has 94 valence electrons. The largest absolute Gasteiger partial charge is 0.129 e. The second kappa shape index (κ2) is 4.05. The van der Waals surface area contributed by atoms with Crippen LogP contribution in [0.4, 0.5) is 0 Å². The van der Waals surface area contributed by atoms with Gasteiger partial charge >= 0.3 is 0 Å². The molecule has 2 rings (SSSR count). The fourth-order valence-electron chi connectivity index (χ4n) is 2.92. The van der Waals surface area contributed by atoms with Gasteiger partial charge in [0, 0.05) is 4.90 Å². The summed E-state index contributed by atoms with van der Waals surface area (Å²) in [4.78, 5) is 1.44. The first-order valence-corrected chi connectivity index (χ1v) is 7.70. The van der Waals surface area contributed by atoms with E-state index in [1.807, 2.05) is 11.8 Å². The van der Waals surface area contributed by atoms with Gasteiger partial charge in [-0.15, -0.1) is 11.8 Å². The van der Waals surface area contributed by atoms with Gasteiger partial charge in [0.2, 0.25) is 0 Å². The molecule has 0 atom stereocenters. The van der Waals surface area contributed by atoms with Crippen molar-refractivity contribution in [3.8, 4) is 0 Å². The lowest BCUT2D eigenvalue weighted by Gasteiger charge is -2.42. The third-order valence-corrected chi connectivity index (χ3v) is 5.25. The fraction of sp³-hybridized carbons (Fsp3) is 0.625. The van der Waals surface area contributed by atoms with Crippen molar-refractivity contribution in [3.05, 3.63) is 28.8 Å². The lowest BCUT2D eigenvalue weighted by Crippen LogP contribution is -2.34. The molecule has 0 nitrogen and oxygen atoms in total. The first kappa shape index (κ1) is 13.0. The van der Waals surface area contributed by atoms with Gasteiger partial charge in [0.25, 0.3) is 0 Å². The Morgan fingerprint density at radius 3 is 1.88 bits per heavy atom. The lowest BCUT2D eigenvalue weighted by atomic mass is 9.63. The van der Waals surface area contributed by atoms with Gasteiger partial charge in [-0.25, -0.2) is 0 Å². The van der Waals surface area contributed by atoms with E-state index in [4.69, 9.17) is 0 Å². The minimum atomic E-state index is 0.336. The quantitative estimate of drug-likeness (QED) is 0.626. The Hall–Kier alpha value is -0.430. The molecule has 0 saturated carbocycles. The number of fused-ring (bicyclic) bond motifs is 1. The van der Waals surface area contributed by atoms with Crippen LogP contribution in [0, 0.1) is 6.92 Å². The molecule has 0 aliphatic heterocycles. The fourth-order valence-corrected chi connectivity index (χ4v) is 3.54. The van der Waals surface area contributed by atoms with Gasteiger partial charge in [-0.3, -0.25) is 0 Å². The van der Waals surface area contributed by atoms with Gasteiger partial charge < -0.3 is 0 Å². The molecular formula is C16H24S. The maximum absolute atomic E-state index is 2.44. The number of rotatable bonds is 1. The summed E-state index contributed by atoms with van der Waals surface area (Å²) in [6.45, 7) is 11.8. The smallest absolute Gasteiger partial charge is 0.0101 e. The molecule has 0 fully saturated rings. The van der Waals surface area contributed by atoms with Crippen molar-refractivity contribution >= 4 is 11.8 Å². The Kier molecular flexibility index (Phi) is 3.10. The molecule has 0 amide bonds. The summed E-state index contributed by atoms with van der Waals surface area (Å²) in [5, 5.41) is 0. The minimum Gasteiger partial charge on any atom is -0.129 e. The van der Waals surface area contributed by atoms with Crippen molar-refractivity contribution in [1.29, 1.82) is 0 Å². The lowest BCUT2D eigenvalue weighted by molar-refractivity contribution is 0.331. The SMILES string of the molecule is CSc1cc2c(cc1C)C(C)(C)CCC2(C)C. The average molecular weight is 248 g/mol. The van der Waals surface area contributed by atoms with E-state index in [-0.39, 0.29) is 0 Å². The van der Waals surface area contributed by atoms with Crippen LogP contribution in [0.1, 0.15) is 57.2 Å². The molecule has 1 heteroatoms. The molecule has 0 aromatic heterocycles. The van der Waals surface area contributed by atoms with Gasteiger partial charge in [0.15, 0.2) is 0 Å². The van der Waals surface area contributed by atoms with Crippen LogP contribution >= 0.6 is 11.8 Å². The molecule has 0 heterocycles. The van der Waals surface area contributed by atoms with Gasteiger partial charge in [0.05, 0.1) is 0 Å². The van der Waals surface area contributed by atoms with Crippen LogP contribution in [0.25, 0.3) is 0 Å². The van der Waals surface area contributed by atoms with E-state index in [0.29, 0.717) is 10.8 Å². The van der Waals surface area contributed by atoms with E-state index >= 15 is 0 Å². The summed E-state index contributed by atoms with van der Waals surface area (Å²) in [6, 6.07) is 4.87. The van der Waals surface area contributed by atoms with Crippen LogP contribution in [-0.4, -0.2) is 6.26 Å². The highest BCUT2D eigenvalue weighted by Gasteiger charge is 2.37. The Morgan fingerprint density at radius 1 is 0.941 bits per heavy atom. The molecule has 0 bridgehead atoms. The molecule has 0 spiro atoms. The predicted octanol–water partition coefficient (Wildman–Crippen LogP) is 5.07. The summed E-state index contributed by atoms with van der Waals surface area (Å²) in [5.41, 5.74) is 5.25. The summed E-state index contributed by atoms with van der Waals surface area (Å²) in [5.74, 6) is 0. The number of hydrogen-bond donors (Lipinski definition) is 0. The summed E-state index contributed by atoms with van der Waals surface area (Å²) < 4.78 is 0. The highest BCUT2D eigenvalue weighted by Crippen LogP contribution is 2.47. The second-order valence-electron chi connectivity index (χ2n) is 6.64. The molecular weight excluding hydrogens is 224 g/mol. The van der Waals surface area contributed by atoms with E-state index in [1.54, 1.807) is 11.1 Å². The molecule has 1 aromatic rings. The van der Waals surface area contributed by atoms with Crippen molar-refractivity contribution in [1.82, 2.24) is 0 Å². The topological polar surface area (TPSA) is 0 Å². The third kappa shape index (κ3) is 2.14. The Balaban J connectivity index is 2.68. The maximum Gasteiger partial charge on any atom is 0.0101 e. The first-order valence-electron chi connectivity index (χ1n) is 6.47. The van der Waals surface area contributed by atoms with Crippen LogP contribution in [-0.2, 0) is 10.8 Å². The normalized spacial score (nSPS) is 21.1. The molecule has 1 aliphatic carbocycles. The van der Waals surface area contributed by atoms with Crippen LogP contribution < -0.4 is 0 Å². The minimum absolute atomic E-state index is 0.336. The van der Waals surface area contributed by atoms with Crippen LogP contribution in [0.3, 0.4) is 0 Å². The monoisotopic (exact) mass is 248 g/mol. The summed E-state index contributed by atoms with van der Waals surface area (Å²) in [7, 11) is 0. The van der Waals surface area contributed by atoms with E-state index in [1.165, 1.54) is 23.3 Å². The summed E-state index contributed by atoms with van der Waals surface area (Å²) >= 11 is 1.87. The molecule has 1 aromatic carbocycles. The van der Waals surface area contributed by atoms with Crippen LogP contribution in [0.2, 0.25) is 0 Å². The van der Waals surface area contributed by atoms with E-state index in [0.717, 1.165) is 0 Å². The van der Waals surface area contributed by atoms with Crippen molar-refractivity contribution < 1.29 is 0 Å². The highest BCUT2D eigenvalue weighted by atomic mass is 32.2. The zero-order chi connectivity index (χ0) is 12.8. The molecule has 0 N–H and O–H groups in total. The van der Waals surface area contributed by atoms with E-state index in [2.05, 4.69) is 53.0 Å². The molecule has 17 heavy (non-hydrogen) atoms. The highest BCUT2D eigenvalue weighted by molar-refractivity contribution is 7.98. The Labute approximate surface area is 110 Å². The summed E-state index contributed by atoms with van der Waals surface area (Å²) in [6.07, 6.45) is 4.77. The number of aryl methyl sites for hydroxylation is 1. The van der Waals surface area contributed by atoms with E-state index < -0.39 is 0 Å². The zero-order valence-electron chi connectivity index (χ0n) is 12.0. The number of benzene rings is 1. The molecule has 0 saturated heterocycles. The van der Waals surface area contributed by atoms with Crippen LogP contribution in [0.15, 0.2) is 17.0 Å². The second-order valence-corrected chi connectivity index (χ2v) is 7.48. The van der Waals surface area contributed by atoms with Gasteiger partial charge in [-0.1, -0.05) is 33.8 Å². The van der Waals surface area contributed by atoms with Gasteiger partial charge in [-0.2, -0.15) is 0 Å². The van der Waals surface area contributed by atoms with Crippen molar-refractivity contribution in [2.24, 2.45) is 0 Å². The van der Waals surface area contributed by atoms with Crippen molar-refractivity contribution in [3.63, 3.8) is 0 Å². The third-order valence-electron chi connectivity index (χ3n) is 4.37. The standard InChI is InChI=1S/C16H24S/c1-11-9-12-13(10-14(11)17-6)16(4,5)8-7-15(12,2)3/h9-10H,7-8H2,1-6H3. The first-order chi connectivity index (χ1) is 7.78. The molecule has 0 unspecified atom stereocenters. The van der Waals surface area contributed by atoms with Crippen LogP contribution in [0.5, 0.6) is 0 Å². The van der Waals surface area contributed by atoms with E-state index in [9.17, 15) is 0 Å². The molecule has 0 radical (unpaired) electrons. The number of hydrogen-bond acceptors (Lipinski definition) is 1. The predicted molar refractivity (Wildman–Crippen MR) is 78.2 cm³/mol. The van der Waals surface area contributed by atoms with Crippen molar-refractivity contribution in [2.75, 3.05) is 6.26 Å². The van der Waals surface area contributed by atoms with Gasteiger partial charge in [-0.05, 0) is 59.6 Å². The number of thioether (sulfide) groups is 1. The Morgan fingerprint density at radius 2 is 1.41 bits per heavy atom. The Bertz CT molecular complexity index is 441. The van der Waals surface area contributed by atoms with Gasteiger partial charge in [0.1, 0.15) is 0 Å². The zero-order valence-corrected chi connectivity index (χ0v) is 12.8. The maximum atomic E-state index is 2.44.